The Morgan fingerprint density at radius 3 is 2.55 bits per heavy atom. The van der Waals surface area contributed by atoms with E-state index in [1.807, 2.05) is 0 Å². The van der Waals surface area contributed by atoms with Crippen LogP contribution in [0, 0.1) is 0 Å². The minimum atomic E-state index is -1.34. The highest BCUT2D eigenvalue weighted by molar-refractivity contribution is 7.99. The maximum atomic E-state index is 11.9. The molecule has 1 aromatic rings. The number of nitrogen functional groups attached to an aromatic ring is 1. The number of thioether (sulfide) groups is 1. The number of nitrogens with zero attached hydrogens (tertiary/aromatic N) is 2. The summed E-state index contributed by atoms with van der Waals surface area (Å²) >= 11 is 2.11. The van der Waals surface area contributed by atoms with Crippen molar-refractivity contribution < 1.29 is 24.3 Å². The molecule has 1 rings (SSSR count). The highest BCUT2D eigenvalue weighted by Gasteiger charge is 2.27. The number of anilines is 1. The number of rotatable bonds is 6. The van der Waals surface area contributed by atoms with Gasteiger partial charge in [-0.05, 0) is 27.0 Å². The first-order valence-corrected chi connectivity index (χ1v) is 8.25. The lowest BCUT2D eigenvalue weighted by molar-refractivity contribution is -0.162. The third-order valence-corrected chi connectivity index (χ3v) is 3.40. The SMILES string of the molecule is CSC(O/N=C(\C(=O)O)c1csc(N)n1)C(=O)OC(C)(C)C. The van der Waals surface area contributed by atoms with E-state index < -0.39 is 28.7 Å². The monoisotopic (exact) mass is 347 g/mol. The summed E-state index contributed by atoms with van der Waals surface area (Å²) in [5, 5.41) is 14.3. The van der Waals surface area contributed by atoms with Crippen molar-refractivity contribution in [2.75, 3.05) is 12.0 Å². The molecule has 0 aliphatic heterocycles. The van der Waals surface area contributed by atoms with E-state index in [9.17, 15) is 9.59 Å². The van der Waals surface area contributed by atoms with E-state index in [1.54, 1.807) is 27.0 Å². The van der Waals surface area contributed by atoms with Crippen LogP contribution in [0.25, 0.3) is 0 Å². The Balaban J connectivity index is 2.88. The van der Waals surface area contributed by atoms with Crippen LogP contribution in [0.15, 0.2) is 10.5 Å². The molecule has 0 aliphatic rings. The van der Waals surface area contributed by atoms with Crippen LogP contribution in [0.5, 0.6) is 0 Å². The molecule has 8 nitrogen and oxygen atoms in total. The van der Waals surface area contributed by atoms with Gasteiger partial charge in [0.2, 0.25) is 5.71 Å². The minimum Gasteiger partial charge on any atom is -0.476 e. The topological polar surface area (TPSA) is 124 Å². The summed E-state index contributed by atoms with van der Waals surface area (Å²) in [5.41, 5.74) is 3.33. The molecule has 0 saturated carbocycles. The van der Waals surface area contributed by atoms with Crippen LogP contribution in [0.1, 0.15) is 26.5 Å². The number of carboxylic acid groups (broad SMARTS) is 1. The van der Waals surface area contributed by atoms with Gasteiger partial charge in [0.05, 0.1) is 0 Å². The molecule has 10 heteroatoms. The molecular weight excluding hydrogens is 330 g/mol. The first-order valence-electron chi connectivity index (χ1n) is 6.08. The molecule has 0 fully saturated rings. The summed E-state index contributed by atoms with van der Waals surface area (Å²) in [5.74, 6) is -1.99. The number of thiazole rings is 1. The van der Waals surface area contributed by atoms with Crippen molar-refractivity contribution in [2.24, 2.45) is 5.16 Å². The maximum Gasteiger partial charge on any atom is 0.361 e. The number of aromatic nitrogens is 1. The highest BCUT2D eigenvalue weighted by atomic mass is 32.2. The van der Waals surface area contributed by atoms with Crippen LogP contribution < -0.4 is 5.73 Å². The van der Waals surface area contributed by atoms with Crippen molar-refractivity contribution in [3.05, 3.63) is 11.1 Å². The van der Waals surface area contributed by atoms with E-state index >= 15 is 0 Å². The van der Waals surface area contributed by atoms with Crippen molar-refractivity contribution in [3.8, 4) is 0 Å². The number of hydrogen-bond acceptors (Lipinski definition) is 9. The van der Waals surface area contributed by atoms with Gasteiger partial charge in [0.15, 0.2) is 5.13 Å². The summed E-state index contributed by atoms with van der Waals surface area (Å²) < 4.78 is 5.16. The van der Waals surface area contributed by atoms with Crippen LogP contribution in [-0.2, 0) is 19.2 Å². The number of carboxylic acids is 1. The van der Waals surface area contributed by atoms with Crippen LogP contribution in [0.2, 0.25) is 0 Å². The number of oxime groups is 1. The summed E-state index contributed by atoms with van der Waals surface area (Å²) in [6.07, 6.45) is 1.62. The molecule has 3 N–H and O–H groups in total. The molecule has 1 atom stereocenters. The first-order chi connectivity index (χ1) is 10.1. The van der Waals surface area contributed by atoms with Gasteiger partial charge in [-0.25, -0.2) is 14.6 Å². The molecule has 0 aliphatic carbocycles. The molecule has 22 heavy (non-hydrogen) atoms. The van der Waals surface area contributed by atoms with Gasteiger partial charge in [-0.3, -0.25) is 0 Å². The van der Waals surface area contributed by atoms with Crippen molar-refractivity contribution in [1.82, 2.24) is 4.98 Å². The van der Waals surface area contributed by atoms with Crippen LogP contribution in [-0.4, -0.2) is 45.0 Å². The fraction of sp³-hybridized carbons (Fsp3) is 0.500. The number of ether oxygens (including phenoxy) is 1. The molecule has 0 spiro atoms. The van der Waals surface area contributed by atoms with Gasteiger partial charge in [0.25, 0.3) is 5.44 Å². The van der Waals surface area contributed by atoms with E-state index in [-0.39, 0.29) is 10.8 Å². The van der Waals surface area contributed by atoms with Gasteiger partial charge in [0, 0.05) is 5.38 Å². The molecule has 1 aromatic heterocycles. The molecule has 0 amide bonds. The summed E-state index contributed by atoms with van der Waals surface area (Å²) in [6, 6.07) is 0. The lowest BCUT2D eigenvalue weighted by Gasteiger charge is -2.22. The molecule has 1 unspecified atom stereocenters. The molecule has 0 radical (unpaired) electrons. The van der Waals surface area contributed by atoms with E-state index in [4.69, 9.17) is 20.4 Å². The molecule has 122 valence electrons. The van der Waals surface area contributed by atoms with Gasteiger partial charge < -0.3 is 20.4 Å². The highest BCUT2D eigenvalue weighted by Crippen LogP contribution is 2.17. The zero-order chi connectivity index (χ0) is 16.9. The third kappa shape index (κ3) is 5.53. The number of carbonyl (C=O) groups excluding carboxylic acids is 1. The maximum absolute atomic E-state index is 11.9. The number of carbonyl (C=O) groups is 2. The van der Waals surface area contributed by atoms with Crippen LogP contribution >= 0.6 is 23.1 Å². The minimum absolute atomic E-state index is 0.0686. The largest absolute Gasteiger partial charge is 0.476 e. The Bertz CT molecular complexity index is 580. The third-order valence-electron chi connectivity index (χ3n) is 2.02. The van der Waals surface area contributed by atoms with Crippen LogP contribution in [0.4, 0.5) is 5.13 Å². The second kappa shape index (κ2) is 7.45. The van der Waals surface area contributed by atoms with Crippen molar-refractivity contribution in [3.63, 3.8) is 0 Å². The first kappa shape index (κ1) is 18.2. The van der Waals surface area contributed by atoms with Gasteiger partial charge >= 0.3 is 11.9 Å². The fourth-order valence-corrected chi connectivity index (χ4v) is 2.14. The molecule has 1 heterocycles. The van der Waals surface area contributed by atoms with E-state index in [0.29, 0.717) is 0 Å². The smallest absolute Gasteiger partial charge is 0.361 e. The second-order valence-corrected chi connectivity index (χ2v) is 6.81. The van der Waals surface area contributed by atoms with Crippen molar-refractivity contribution >= 4 is 45.9 Å². The fourth-order valence-electron chi connectivity index (χ4n) is 1.22. The van der Waals surface area contributed by atoms with E-state index in [0.717, 1.165) is 23.1 Å². The van der Waals surface area contributed by atoms with Crippen molar-refractivity contribution in [2.45, 2.75) is 31.8 Å². The van der Waals surface area contributed by atoms with Gasteiger partial charge in [0.1, 0.15) is 11.3 Å². The second-order valence-electron chi connectivity index (χ2n) is 5.02. The van der Waals surface area contributed by atoms with E-state index in [1.165, 1.54) is 5.38 Å². The number of aliphatic carboxylic acids is 1. The van der Waals surface area contributed by atoms with E-state index in [2.05, 4.69) is 10.1 Å². The zero-order valence-corrected chi connectivity index (χ0v) is 14.2. The van der Waals surface area contributed by atoms with Crippen LogP contribution in [0.3, 0.4) is 0 Å². The van der Waals surface area contributed by atoms with Gasteiger partial charge in [-0.2, -0.15) is 0 Å². The number of nitrogens with two attached hydrogens (primary N) is 1. The average molecular weight is 347 g/mol. The predicted octanol–water partition coefficient (Wildman–Crippen LogP) is 1.56. The van der Waals surface area contributed by atoms with Gasteiger partial charge in [-0.1, -0.05) is 5.16 Å². The zero-order valence-electron chi connectivity index (χ0n) is 12.5. The number of esters is 1. The number of hydrogen-bond donors (Lipinski definition) is 2. The normalized spacial score (nSPS) is 13.5. The quantitative estimate of drug-likeness (QED) is 0.344. The summed E-state index contributed by atoms with van der Waals surface area (Å²) in [4.78, 5) is 31.9. The Morgan fingerprint density at radius 2 is 2.14 bits per heavy atom. The van der Waals surface area contributed by atoms with Gasteiger partial charge in [-0.15, -0.1) is 23.1 Å². The Labute approximate surface area is 135 Å². The molecular formula is C12H17N3O5S2. The average Bonchev–Trinajstić information content (AvgIpc) is 2.78. The molecule has 0 bridgehead atoms. The standard InChI is InChI=1S/C12H17N3O5S2/c1-12(2,3)19-9(18)10(21-4)20-15-7(8(16)17)6-5-22-11(13)14-6/h5,10H,1-4H3,(H2,13,14)(H,16,17)/b15-7-. The summed E-state index contributed by atoms with van der Waals surface area (Å²) in [6.45, 7) is 5.14. The Morgan fingerprint density at radius 1 is 1.50 bits per heavy atom. The Kier molecular flexibility index (Phi) is 6.18. The molecule has 0 aromatic carbocycles. The lowest BCUT2D eigenvalue weighted by Crippen LogP contribution is -2.31. The Hall–Kier alpha value is -1.81. The summed E-state index contributed by atoms with van der Waals surface area (Å²) in [7, 11) is 0. The predicted molar refractivity (Wildman–Crippen MR) is 84.9 cm³/mol. The molecule has 0 saturated heterocycles. The van der Waals surface area contributed by atoms with Crippen molar-refractivity contribution in [1.29, 1.82) is 0 Å². The lowest BCUT2D eigenvalue weighted by atomic mass is 10.2.